The van der Waals surface area contributed by atoms with E-state index in [1.807, 2.05) is 24.3 Å². The summed E-state index contributed by atoms with van der Waals surface area (Å²) in [6, 6.07) is 9.84. The maximum absolute atomic E-state index is 9.00. The number of nitriles is 1. The molecule has 1 saturated carbocycles. The summed E-state index contributed by atoms with van der Waals surface area (Å²) >= 11 is 5.82. The molecule has 0 radical (unpaired) electrons. The molecule has 1 nitrogen and oxygen atoms in total. The molecule has 0 spiro atoms. The smallest absolute Gasteiger partial charge is 0.116 e. The fourth-order valence-corrected chi connectivity index (χ4v) is 2.11. The number of halogens is 1. The Labute approximate surface area is 94.7 Å². The minimum atomic E-state index is -0.321. The minimum absolute atomic E-state index is 0.103. The van der Waals surface area contributed by atoms with Crippen molar-refractivity contribution in [1.29, 1.82) is 5.26 Å². The third-order valence-electron chi connectivity index (χ3n) is 3.06. The molecule has 2 heteroatoms. The van der Waals surface area contributed by atoms with E-state index < -0.39 is 0 Å². The topological polar surface area (TPSA) is 23.8 Å². The van der Waals surface area contributed by atoms with Crippen molar-refractivity contribution >= 4 is 11.6 Å². The Kier molecular flexibility index (Phi) is 2.43. The third-order valence-corrected chi connectivity index (χ3v) is 3.31. The molecule has 74 valence electrons. The van der Waals surface area contributed by atoms with E-state index in [9.17, 15) is 0 Å². The van der Waals surface area contributed by atoms with Crippen LogP contribution in [0.25, 0.3) is 0 Å². The quantitative estimate of drug-likeness (QED) is 0.696. The van der Waals surface area contributed by atoms with E-state index in [4.69, 9.17) is 23.3 Å². The van der Waals surface area contributed by atoms with Crippen molar-refractivity contribution in [3.63, 3.8) is 0 Å². The molecule has 0 aliphatic heterocycles. The Bertz CT molecular complexity index is 429. The maximum Gasteiger partial charge on any atom is 0.116 e. The average Bonchev–Trinajstić information content (AvgIpc) is 3.02. The average molecular weight is 216 g/mol. The summed E-state index contributed by atoms with van der Waals surface area (Å²) in [6.07, 6.45) is 7.37. The molecule has 0 saturated heterocycles. The molecular formula is C13H10ClN. The lowest BCUT2D eigenvalue weighted by Gasteiger charge is -2.17. The van der Waals surface area contributed by atoms with E-state index in [-0.39, 0.29) is 11.3 Å². The Morgan fingerprint density at radius 1 is 1.33 bits per heavy atom. The predicted octanol–water partition coefficient (Wildman–Crippen LogP) is 3.14. The molecule has 0 aromatic heterocycles. The van der Waals surface area contributed by atoms with Gasteiger partial charge in [0.05, 0.1) is 6.07 Å². The summed E-state index contributed by atoms with van der Waals surface area (Å²) in [7, 11) is 0. The zero-order valence-electron chi connectivity index (χ0n) is 8.20. The summed E-state index contributed by atoms with van der Waals surface area (Å²) in [5.41, 5.74) is 1.03. The number of rotatable bonds is 2. The summed E-state index contributed by atoms with van der Waals surface area (Å²) in [5, 5.41) is 9.71. The minimum Gasteiger partial charge on any atom is -0.197 e. The van der Waals surface area contributed by atoms with Gasteiger partial charge in [-0.05, 0) is 30.5 Å². The molecule has 0 bridgehead atoms. The van der Waals surface area contributed by atoms with Gasteiger partial charge in [-0.1, -0.05) is 29.7 Å². The van der Waals surface area contributed by atoms with Gasteiger partial charge in [0.1, 0.15) is 5.92 Å². The van der Waals surface area contributed by atoms with E-state index in [0.29, 0.717) is 5.02 Å². The second-order valence-electron chi connectivity index (χ2n) is 3.89. The number of terminal acetylenes is 1. The van der Waals surface area contributed by atoms with E-state index >= 15 is 0 Å². The van der Waals surface area contributed by atoms with Crippen LogP contribution in [0, 0.1) is 29.6 Å². The molecule has 1 aromatic carbocycles. The highest BCUT2D eigenvalue weighted by atomic mass is 35.5. The highest BCUT2D eigenvalue weighted by Crippen LogP contribution is 2.53. The van der Waals surface area contributed by atoms with Gasteiger partial charge in [0.25, 0.3) is 0 Å². The molecule has 1 aliphatic carbocycles. The van der Waals surface area contributed by atoms with Gasteiger partial charge in [-0.15, -0.1) is 6.42 Å². The number of hydrogen-bond acceptors (Lipinski definition) is 1. The van der Waals surface area contributed by atoms with Crippen LogP contribution in [0.1, 0.15) is 18.4 Å². The molecule has 15 heavy (non-hydrogen) atoms. The van der Waals surface area contributed by atoms with Crippen LogP contribution < -0.4 is 0 Å². The molecule has 0 N–H and O–H groups in total. The molecule has 1 aromatic rings. The van der Waals surface area contributed by atoms with Gasteiger partial charge < -0.3 is 0 Å². The van der Waals surface area contributed by atoms with Gasteiger partial charge in [-0.3, -0.25) is 0 Å². The van der Waals surface area contributed by atoms with E-state index in [2.05, 4.69) is 12.0 Å². The second-order valence-corrected chi connectivity index (χ2v) is 4.33. The molecule has 1 fully saturated rings. The summed E-state index contributed by atoms with van der Waals surface area (Å²) < 4.78 is 0. The fourth-order valence-electron chi connectivity index (χ4n) is 1.98. The van der Waals surface area contributed by atoms with Crippen molar-refractivity contribution in [2.45, 2.75) is 18.3 Å². The molecule has 0 heterocycles. The molecule has 1 unspecified atom stereocenters. The van der Waals surface area contributed by atoms with Gasteiger partial charge in [0.2, 0.25) is 0 Å². The van der Waals surface area contributed by atoms with Gasteiger partial charge in [0.15, 0.2) is 0 Å². The number of nitrogens with zero attached hydrogens (tertiary/aromatic N) is 1. The third kappa shape index (κ3) is 1.60. The van der Waals surface area contributed by atoms with Crippen molar-refractivity contribution in [2.24, 2.45) is 5.92 Å². The van der Waals surface area contributed by atoms with Crippen LogP contribution in [0.3, 0.4) is 0 Å². The van der Waals surface area contributed by atoms with Crippen LogP contribution in [0.5, 0.6) is 0 Å². The van der Waals surface area contributed by atoms with Crippen LogP contribution in [0.2, 0.25) is 5.02 Å². The van der Waals surface area contributed by atoms with Gasteiger partial charge in [-0.2, -0.15) is 5.26 Å². The van der Waals surface area contributed by atoms with Crippen molar-refractivity contribution in [1.82, 2.24) is 0 Å². The lowest BCUT2D eigenvalue weighted by molar-refractivity contribution is 0.610. The Morgan fingerprint density at radius 2 is 1.93 bits per heavy atom. The Hall–Kier alpha value is -1.44. The fraction of sp³-hybridized carbons (Fsp3) is 0.308. The molecule has 1 atom stereocenters. The lowest BCUT2D eigenvalue weighted by atomic mass is 9.84. The first-order valence-corrected chi connectivity index (χ1v) is 5.22. The van der Waals surface area contributed by atoms with Crippen LogP contribution in [0.15, 0.2) is 24.3 Å². The van der Waals surface area contributed by atoms with Crippen molar-refractivity contribution < 1.29 is 0 Å². The van der Waals surface area contributed by atoms with Crippen LogP contribution in [0.4, 0.5) is 0 Å². The maximum atomic E-state index is 9.00. The Balaban J connectivity index is 2.36. The molecular weight excluding hydrogens is 206 g/mol. The highest BCUT2D eigenvalue weighted by molar-refractivity contribution is 6.30. The summed E-state index contributed by atoms with van der Waals surface area (Å²) in [6.45, 7) is 0. The van der Waals surface area contributed by atoms with Crippen molar-refractivity contribution in [3.05, 3.63) is 34.9 Å². The first-order chi connectivity index (χ1) is 7.23. The van der Waals surface area contributed by atoms with Gasteiger partial charge in [0, 0.05) is 10.4 Å². The molecule has 2 rings (SSSR count). The zero-order valence-corrected chi connectivity index (χ0v) is 8.96. The van der Waals surface area contributed by atoms with Gasteiger partial charge >= 0.3 is 0 Å². The van der Waals surface area contributed by atoms with Crippen LogP contribution >= 0.6 is 11.6 Å². The van der Waals surface area contributed by atoms with Crippen molar-refractivity contribution in [2.75, 3.05) is 0 Å². The first kappa shape index (κ1) is 10.1. The number of benzene rings is 1. The normalized spacial score (nSPS) is 18.6. The molecule has 1 aliphatic rings. The number of hydrogen-bond donors (Lipinski definition) is 0. The molecule has 0 amide bonds. The van der Waals surface area contributed by atoms with Crippen LogP contribution in [-0.2, 0) is 5.41 Å². The Morgan fingerprint density at radius 3 is 2.33 bits per heavy atom. The predicted molar refractivity (Wildman–Crippen MR) is 60.3 cm³/mol. The van der Waals surface area contributed by atoms with Crippen LogP contribution in [-0.4, -0.2) is 0 Å². The largest absolute Gasteiger partial charge is 0.197 e. The summed E-state index contributed by atoms with van der Waals surface area (Å²) in [4.78, 5) is 0. The SMILES string of the molecule is C#CC(C#N)C1(c2ccc(Cl)cc2)CC1. The van der Waals surface area contributed by atoms with E-state index in [1.165, 1.54) is 0 Å². The summed E-state index contributed by atoms with van der Waals surface area (Å²) in [5.74, 6) is 2.25. The second kappa shape index (κ2) is 3.61. The van der Waals surface area contributed by atoms with E-state index in [1.54, 1.807) is 0 Å². The van der Waals surface area contributed by atoms with Gasteiger partial charge in [-0.25, -0.2) is 0 Å². The van der Waals surface area contributed by atoms with E-state index in [0.717, 1.165) is 18.4 Å². The standard InChI is InChI=1S/C13H10ClN/c1-2-10(9-15)13(7-8-13)11-3-5-12(14)6-4-11/h1,3-6,10H,7-8H2. The lowest BCUT2D eigenvalue weighted by Crippen LogP contribution is -2.17. The van der Waals surface area contributed by atoms with Crippen molar-refractivity contribution in [3.8, 4) is 18.4 Å². The first-order valence-electron chi connectivity index (χ1n) is 4.85. The monoisotopic (exact) mass is 215 g/mol. The highest BCUT2D eigenvalue weighted by Gasteiger charge is 2.50. The zero-order chi connectivity index (χ0) is 10.9.